The number of nitrogens with one attached hydrogen (secondary N) is 1. The van der Waals surface area contributed by atoms with Gasteiger partial charge in [0, 0.05) is 29.8 Å². The predicted molar refractivity (Wildman–Crippen MR) is 77.5 cm³/mol. The summed E-state index contributed by atoms with van der Waals surface area (Å²) in [4.78, 5) is 11.7. The molecule has 4 heteroatoms. The Morgan fingerprint density at radius 1 is 1.32 bits per heavy atom. The fraction of sp³-hybridized carbons (Fsp3) is 0.400. The molecule has 1 aromatic carbocycles. The number of carbonyl (C=O) groups is 1. The van der Waals surface area contributed by atoms with Gasteiger partial charge in [0.25, 0.3) is 0 Å². The number of amides is 1. The molecule has 102 valence electrons. The zero-order chi connectivity index (χ0) is 14.2. The molecule has 0 aliphatic carbocycles. The summed E-state index contributed by atoms with van der Waals surface area (Å²) in [6.07, 6.45) is 1.64. The number of fused-ring (bicyclic) bond motifs is 1. The maximum Gasteiger partial charge on any atom is 0.412 e. The van der Waals surface area contributed by atoms with Crippen molar-refractivity contribution in [3.8, 4) is 0 Å². The molecule has 0 atom stereocenters. The molecule has 2 aromatic rings. The van der Waals surface area contributed by atoms with Crippen LogP contribution in [0.25, 0.3) is 10.9 Å². The van der Waals surface area contributed by atoms with Crippen molar-refractivity contribution < 1.29 is 9.53 Å². The van der Waals surface area contributed by atoms with Crippen LogP contribution in [0.2, 0.25) is 0 Å². The summed E-state index contributed by atoms with van der Waals surface area (Å²) in [7, 11) is 2.01. The van der Waals surface area contributed by atoms with Crippen LogP contribution in [0.3, 0.4) is 0 Å². The molecule has 1 aromatic heterocycles. The van der Waals surface area contributed by atoms with Crippen molar-refractivity contribution >= 4 is 22.7 Å². The SMILES string of the molecule is Cc1cn(C)c2ccc(NC(=O)OC(C)(C)C)cc12. The highest BCUT2D eigenvalue weighted by Crippen LogP contribution is 2.24. The lowest BCUT2D eigenvalue weighted by Crippen LogP contribution is -2.27. The van der Waals surface area contributed by atoms with E-state index in [4.69, 9.17) is 4.74 Å². The number of anilines is 1. The number of aryl methyl sites for hydroxylation is 2. The second kappa shape index (κ2) is 4.61. The fourth-order valence-electron chi connectivity index (χ4n) is 2.09. The van der Waals surface area contributed by atoms with Crippen LogP contribution < -0.4 is 5.32 Å². The Bertz CT molecular complexity index is 621. The summed E-state index contributed by atoms with van der Waals surface area (Å²) in [6, 6.07) is 5.84. The maximum absolute atomic E-state index is 11.7. The molecule has 0 saturated heterocycles. The quantitative estimate of drug-likeness (QED) is 0.846. The number of carbonyl (C=O) groups excluding carboxylic acids is 1. The highest BCUT2D eigenvalue weighted by molar-refractivity contribution is 5.91. The van der Waals surface area contributed by atoms with E-state index in [1.807, 2.05) is 46.0 Å². The summed E-state index contributed by atoms with van der Waals surface area (Å²) in [5.74, 6) is 0. The van der Waals surface area contributed by atoms with E-state index in [2.05, 4.69) is 23.0 Å². The minimum Gasteiger partial charge on any atom is -0.444 e. The minimum absolute atomic E-state index is 0.430. The molecule has 0 aliphatic heterocycles. The summed E-state index contributed by atoms with van der Waals surface area (Å²) in [6.45, 7) is 7.59. The van der Waals surface area contributed by atoms with Crippen molar-refractivity contribution in [3.05, 3.63) is 30.0 Å². The van der Waals surface area contributed by atoms with Crippen LogP contribution in [0.1, 0.15) is 26.3 Å². The fourth-order valence-corrected chi connectivity index (χ4v) is 2.09. The maximum atomic E-state index is 11.7. The van der Waals surface area contributed by atoms with Crippen LogP contribution in [0, 0.1) is 6.92 Å². The largest absolute Gasteiger partial charge is 0.444 e. The normalized spacial score (nSPS) is 11.6. The van der Waals surface area contributed by atoms with Crippen LogP contribution in [-0.4, -0.2) is 16.3 Å². The van der Waals surface area contributed by atoms with E-state index in [9.17, 15) is 4.79 Å². The van der Waals surface area contributed by atoms with E-state index >= 15 is 0 Å². The lowest BCUT2D eigenvalue weighted by Gasteiger charge is -2.19. The summed E-state index contributed by atoms with van der Waals surface area (Å²) < 4.78 is 7.31. The van der Waals surface area contributed by atoms with Gasteiger partial charge in [-0.3, -0.25) is 5.32 Å². The van der Waals surface area contributed by atoms with E-state index in [-0.39, 0.29) is 0 Å². The monoisotopic (exact) mass is 260 g/mol. The number of ether oxygens (including phenoxy) is 1. The van der Waals surface area contributed by atoms with Crippen molar-refractivity contribution in [1.29, 1.82) is 0 Å². The smallest absolute Gasteiger partial charge is 0.412 e. The van der Waals surface area contributed by atoms with E-state index in [1.54, 1.807) is 0 Å². The van der Waals surface area contributed by atoms with Crippen molar-refractivity contribution in [2.24, 2.45) is 7.05 Å². The van der Waals surface area contributed by atoms with Crippen molar-refractivity contribution in [3.63, 3.8) is 0 Å². The lowest BCUT2D eigenvalue weighted by atomic mass is 10.2. The second-order valence-corrected chi connectivity index (χ2v) is 5.78. The third-order valence-electron chi connectivity index (χ3n) is 2.83. The average molecular weight is 260 g/mol. The van der Waals surface area contributed by atoms with Gasteiger partial charge >= 0.3 is 6.09 Å². The number of benzene rings is 1. The number of hydrogen-bond acceptors (Lipinski definition) is 2. The first-order valence-corrected chi connectivity index (χ1v) is 6.32. The highest BCUT2D eigenvalue weighted by Gasteiger charge is 2.16. The van der Waals surface area contributed by atoms with E-state index in [0.717, 1.165) is 16.6 Å². The summed E-state index contributed by atoms with van der Waals surface area (Å²) >= 11 is 0. The van der Waals surface area contributed by atoms with Crippen molar-refractivity contribution in [2.45, 2.75) is 33.3 Å². The van der Waals surface area contributed by atoms with Gasteiger partial charge in [-0.2, -0.15) is 0 Å². The van der Waals surface area contributed by atoms with Crippen LogP contribution in [0.5, 0.6) is 0 Å². The number of nitrogens with zero attached hydrogens (tertiary/aromatic N) is 1. The standard InChI is InChI=1S/C15H20N2O2/c1-10-9-17(5)13-7-6-11(8-12(10)13)16-14(18)19-15(2,3)4/h6-9H,1-5H3,(H,16,18). The van der Waals surface area contributed by atoms with Crippen LogP contribution in [0.15, 0.2) is 24.4 Å². The Kier molecular flexibility index (Phi) is 3.27. The van der Waals surface area contributed by atoms with Gasteiger partial charge in [-0.15, -0.1) is 0 Å². The molecule has 0 fully saturated rings. The zero-order valence-corrected chi connectivity index (χ0v) is 12.1. The van der Waals surface area contributed by atoms with Gasteiger partial charge in [0.15, 0.2) is 0 Å². The Hall–Kier alpha value is -1.97. The second-order valence-electron chi connectivity index (χ2n) is 5.78. The molecular weight excluding hydrogens is 240 g/mol. The third-order valence-corrected chi connectivity index (χ3v) is 2.83. The molecule has 0 unspecified atom stereocenters. The van der Waals surface area contributed by atoms with Crippen LogP contribution in [-0.2, 0) is 11.8 Å². The highest BCUT2D eigenvalue weighted by atomic mass is 16.6. The minimum atomic E-state index is -0.489. The molecule has 0 radical (unpaired) electrons. The van der Waals surface area contributed by atoms with Crippen LogP contribution in [0.4, 0.5) is 10.5 Å². The van der Waals surface area contributed by atoms with Gasteiger partial charge in [0.1, 0.15) is 5.60 Å². The van der Waals surface area contributed by atoms with Crippen LogP contribution >= 0.6 is 0 Å². The lowest BCUT2D eigenvalue weighted by molar-refractivity contribution is 0.0636. The molecule has 19 heavy (non-hydrogen) atoms. The topological polar surface area (TPSA) is 43.3 Å². The number of aromatic nitrogens is 1. The Balaban J connectivity index is 2.22. The van der Waals surface area contributed by atoms with Gasteiger partial charge in [0.05, 0.1) is 0 Å². The van der Waals surface area contributed by atoms with E-state index in [0.29, 0.717) is 0 Å². The number of hydrogen-bond donors (Lipinski definition) is 1. The van der Waals surface area contributed by atoms with Gasteiger partial charge in [-0.25, -0.2) is 4.79 Å². The molecule has 0 bridgehead atoms. The number of rotatable bonds is 1. The van der Waals surface area contributed by atoms with E-state index < -0.39 is 11.7 Å². The molecule has 1 heterocycles. The molecule has 1 N–H and O–H groups in total. The molecule has 0 saturated carbocycles. The summed E-state index contributed by atoms with van der Waals surface area (Å²) in [5.41, 5.74) is 2.59. The summed E-state index contributed by atoms with van der Waals surface area (Å²) in [5, 5.41) is 3.89. The molecule has 0 spiro atoms. The molecule has 4 nitrogen and oxygen atoms in total. The van der Waals surface area contributed by atoms with Crippen molar-refractivity contribution in [1.82, 2.24) is 4.57 Å². The first-order valence-electron chi connectivity index (χ1n) is 6.32. The molecule has 2 rings (SSSR count). The molecule has 1 amide bonds. The molecular formula is C15H20N2O2. The Morgan fingerprint density at radius 3 is 2.63 bits per heavy atom. The average Bonchev–Trinajstić information content (AvgIpc) is 2.51. The Labute approximate surface area is 113 Å². The zero-order valence-electron chi connectivity index (χ0n) is 12.1. The first-order chi connectivity index (χ1) is 8.76. The third kappa shape index (κ3) is 3.08. The van der Waals surface area contributed by atoms with Gasteiger partial charge < -0.3 is 9.30 Å². The first kappa shape index (κ1) is 13.5. The van der Waals surface area contributed by atoms with Gasteiger partial charge in [-0.05, 0) is 51.5 Å². The Morgan fingerprint density at radius 2 is 2.00 bits per heavy atom. The van der Waals surface area contributed by atoms with Gasteiger partial charge in [-0.1, -0.05) is 0 Å². The predicted octanol–water partition coefficient (Wildman–Crippen LogP) is 3.83. The molecule has 0 aliphatic rings. The van der Waals surface area contributed by atoms with Gasteiger partial charge in [0.2, 0.25) is 0 Å². The van der Waals surface area contributed by atoms with Crippen molar-refractivity contribution in [2.75, 3.05) is 5.32 Å². The van der Waals surface area contributed by atoms with E-state index in [1.165, 1.54) is 5.56 Å².